The summed E-state index contributed by atoms with van der Waals surface area (Å²) >= 11 is 0. The van der Waals surface area contributed by atoms with Crippen molar-refractivity contribution in [2.45, 2.75) is 51.0 Å². The van der Waals surface area contributed by atoms with Crippen LogP contribution in [0.5, 0.6) is 0 Å². The molecule has 38 heavy (non-hydrogen) atoms. The fraction of sp³-hybridized carbons (Fsp3) is 0.448. The molecule has 3 aromatic heterocycles. The number of piperidine rings is 1. The number of esters is 1. The molecule has 0 unspecified atom stereocenters. The van der Waals surface area contributed by atoms with E-state index in [-0.39, 0.29) is 5.97 Å². The number of ether oxygens (including phenoxy) is 1. The average molecular weight is 515 g/mol. The summed E-state index contributed by atoms with van der Waals surface area (Å²) in [7, 11) is 1.38. The number of carbonyl (C=O) groups is 1. The second-order valence-corrected chi connectivity index (χ2v) is 10.5. The number of carbonyl (C=O) groups excluding carboxylic acids is 1. The van der Waals surface area contributed by atoms with E-state index in [9.17, 15) is 4.79 Å². The number of rotatable bonds is 7. The third kappa shape index (κ3) is 5.23. The molecule has 1 aliphatic carbocycles. The molecule has 2 aliphatic rings. The summed E-state index contributed by atoms with van der Waals surface area (Å²) in [5.74, 6) is 1.51. The van der Waals surface area contributed by atoms with Gasteiger partial charge in [-0.15, -0.1) is 0 Å². The van der Waals surface area contributed by atoms with Crippen molar-refractivity contribution in [1.29, 1.82) is 0 Å². The highest BCUT2D eigenvalue weighted by molar-refractivity contribution is 5.90. The van der Waals surface area contributed by atoms with Gasteiger partial charge in [-0.3, -0.25) is 0 Å². The molecule has 2 fully saturated rings. The third-order valence-electron chi connectivity index (χ3n) is 8.07. The van der Waals surface area contributed by atoms with Crippen LogP contribution in [0.25, 0.3) is 17.0 Å². The van der Waals surface area contributed by atoms with Crippen molar-refractivity contribution in [2.75, 3.05) is 30.4 Å². The van der Waals surface area contributed by atoms with Gasteiger partial charge in [-0.2, -0.15) is 5.10 Å². The number of fused-ring (bicyclic) bond motifs is 1. The van der Waals surface area contributed by atoms with E-state index in [2.05, 4.69) is 37.5 Å². The molecule has 0 bridgehead atoms. The third-order valence-corrected chi connectivity index (χ3v) is 8.07. The fourth-order valence-electron chi connectivity index (χ4n) is 6.14. The number of anilines is 2. The van der Waals surface area contributed by atoms with E-state index in [4.69, 9.17) is 9.15 Å². The average Bonchev–Trinajstić information content (AvgIpc) is 3.63. The monoisotopic (exact) mass is 514 g/mol. The van der Waals surface area contributed by atoms with E-state index in [0.717, 1.165) is 30.7 Å². The summed E-state index contributed by atoms with van der Waals surface area (Å²) < 4.78 is 12.8. The van der Waals surface area contributed by atoms with Gasteiger partial charge in [-0.25, -0.2) is 19.3 Å². The van der Waals surface area contributed by atoms with E-state index < -0.39 is 0 Å². The summed E-state index contributed by atoms with van der Waals surface area (Å²) in [6, 6.07) is 12.3. The van der Waals surface area contributed by atoms with Crippen molar-refractivity contribution >= 4 is 23.3 Å². The minimum atomic E-state index is -0.366. The number of oxazole rings is 1. The topological polar surface area (TPSA) is 97.8 Å². The van der Waals surface area contributed by atoms with E-state index in [1.54, 1.807) is 24.7 Å². The summed E-state index contributed by atoms with van der Waals surface area (Å²) in [6.45, 7) is 2.16. The first-order valence-electron chi connectivity index (χ1n) is 13.6. The van der Waals surface area contributed by atoms with Crippen molar-refractivity contribution in [1.82, 2.24) is 19.6 Å². The molecule has 1 saturated heterocycles. The van der Waals surface area contributed by atoms with Gasteiger partial charge in [-0.05, 0) is 68.2 Å². The predicted molar refractivity (Wildman–Crippen MR) is 145 cm³/mol. The van der Waals surface area contributed by atoms with Gasteiger partial charge >= 0.3 is 5.97 Å². The standard InChI is InChI=1S/C29H34N6O3/c1-37-28(36)23-9-4-8-22(15-23)26-16-30-29(38-26)33-25-10-3-2-7-21(25)14-20-6-5-13-34(17-20)24-11-12-27-31-19-32-35(27)18-24/h4,8-9,11-12,15-16,18-21,25H,2-3,5-7,10,13-14,17H2,1H3,(H,30,33)/t20-,21+,25-/m1/s1. The van der Waals surface area contributed by atoms with E-state index in [0.29, 0.717) is 35.2 Å². The van der Waals surface area contributed by atoms with Crippen LogP contribution in [-0.2, 0) is 4.74 Å². The molecule has 9 nitrogen and oxygen atoms in total. The Hall–Kier alpha value is -3.88. The molecule has 198 valence electrons. The van der Waals surface area contributed by atoms with Crippen molar-refractivity contribution in [3.05, 3.63) is 60.7 Å². The molecule has 9 heteroatoms. The van der Waals surface area contributed by atoms with Gasteiger partial charge in [0.1, 0.15) is 6.33 Å². The zero-order valence-electron chi connectivity index (χ0n) is 21.8. The molecule has 0 spiro atoms. The fourth-order valence-corrected chi connectivity index (χ4v) is 6.14. The zero-order chi connectivity index (χ0) is 25.9. The Morgan fingerprint density at radius 1 is 1.13 bits per heavy atom. The number of benzene rings is 1. The largest absolute Gasteiger partial charge is 0.465 e. The van der Waals surface area contributed by atoms with Crippen LogP contribution in [0.2, 0.25) is 0 Å². The number of hydrogen-bond acceptors (Lipinski definition) is 8. The lowest BCUT2D eigenvalue weighted by atomic mass is 9.77. The molecule has 1 aromatic carbocycles. The van der Waals surface area contributed by atoms with Crippen molar-refractivity contribution in [2.24, 2.45) is 11.8 Å². The van der Waals surface area contributed by atoms with Gasteiger partial charge in [0, 0.05) is 24.7 Å². The van der Waals surface area contributed by atoms with E-state index >= 15 is 0 Å². The number of methoxy groups -OCH3 is 1. The molecule has 3 atom stereocenters. The van der Waals surface area contributed by atoms with E-state index in [1.165, 1.54) is 51.3 Å². The lowest BCUT2D eigenvalue weighted by Crippen LogP contribution is -2.39. The van der Waals surface area contributed by atoms with Crippen LogP contribution in [0.1, 0.15) is 55.3 Å². The molecule has 6 rings (SSSR count). The van der Waals surface area contributed by atoms with Gasteiger partial charge < -0.3 is 19.4 Å². The molecule has 1 N–H and O–H groups in total. The quantitative estimate of drug-likeness (QED) is 0.325. The first kappa shape index (κ1) is 24.5. The maximum Gasteiger partial charge on any atom is 0.337 e. The molecule has 1 saturated carbocycles. The van der Waals surface area contributed by atoms with Gasteiger partial charge in [0.05, 0.1) is 30.8 Å². The van der Waals surface area contributed by atoms with Crippen molar-refractivity contribution < 1.29 is 13.9 Å². The first-order valence-corrected chi connectivity index (χ1v) is 13.6. The molecule has 1 aliphatic heterocycles. The Kier molecular flexibility index (Phi) is 6.98. The van der Waals surface area contributed by atoms with Crippen LogP contribution < -0.4 is 10.2 Å². The van der Waals surface area contributed by atoms with Gasteiger partial charge in [0.2, 0.25) is 0 Å². The molecular weight excluding hydrogens is 480 g/mol. The molecule has 0 amide bonds. The van der Waals surface area contributed by atoms with Crippen molar-refractivity contribution in [3.63, 3.8) is 0 Å². The van der Waals surface area contributed by atoms with Gasteiger partial charge in [0.15, 0.2) is 11.4 Å². The highest BCUT2D eigenvalue weighted by atomic mass is 16.5. The number of hydrogen-bond donors (Lipinski definition) is 1. The highest BCUT2D eigenvalue weighted by Crippen LogP contribution is 2.36. The Balaban J connectivity index is 1.11. The lowest BCUT2D eigenvalue weighted by Gasteiger charge is -2.39. The number of nitrogens with zero attached hydrogens (tertiary/aromatic N) is 5. The SMILES string of the molecule is COC(=O)c1cccc(-c2cnc(N[C@@H]3CCCC[C@H]3C[C@H]3CCCN(c4ccc5ncnn5c4)C3)o2)c1. The second kappa shape index (κ2) is 10.8. The maximum atomic E-state index is 11.9. The Labute approximate surface area is 222 Å². The highest BCUT2D eigenvalue weighted by Gasteiger charge is 2.31. The van der Waals surface area contributed by atoms with Gasteiger partial charge in [-0.1, -0.05) is 25.0 Å². The molecule has 4 heterocycles. The summed E-state index contributed by atoms with van der Waals surface area (Å²) in [5.41, 5.74) is 3.39. The maximum absolute atomic E-state index is 11.9. The Morgan fingerprint density at radius 2 is 2.05 bits per heavy atom. The van der Waals surface area contributed by atoms with E-state index in [1.807, 2.05) is 22.7 Å². The smallest absolute Gasteiger partial charge is 0.337 e. The normalized spacial score (nSPS) is 21.9. The first-order chi connectivity index (χ1) is 18.7. The molecule has 4 aromatic rings. The lowest BCUT2D eigenvalue weighted by molar-refractivity contribution is 0.0601. The van der Waals surface area contributed by atoms with Crippen LogP contribution in [-0.4, -0.2) is 51.8 Å². The minimum Gasteiger partial charge on any atom is -0.465 e. The number of aromatic nitrogens is 4. The van der Waals surface area contributed by atoms with Crippen LogP contribution in [0.3, 0.4) is 0 Å². The molecule has 0 radical (unpaired) electrons. The van der Waals surface area contributed by atoms with Crippen LogP contribution >= 0.6 is 0 Å². The van der Waals surface area contributed by atoms with Gasteiger partial charge in [0.25, 0.3) is 6.01 Å². The molecular formula is C29H34N6O3. The zero-order valence-corrected chi connectivity index (χ0v) is 21.8. The summed E-state index contributed by atoms with van der Waals surface area (Å²) in [6.07, 6.45) is 13.9. The second-order valence-electron chi connectivity index (χ2n) is 10.5. The Morgan fingerprint density at radius 3 is 2.97 bits per heavy atom. The predicted octanol–water partition coefficient (Wildman–Crippen LogP) is 5.45. The minimum absolute atomic E-state index is 0.346. The van der Waals surface area contributed by atoms with Crippen LogP contribution in [0.15, 0.2) is 59.5 Å². The van der Waals surface area contributed by atoms with Crippen LogP contribution in [0, 0.1) is 11.8 Å². The summed E-state index contributed by atoms with van der Waals surface area (Å²) in [4.78, 5) is 23.2. The number of pyridine rings is 1. The van der Waals surface area contributed by atoms with Crippen LogP contribution in [0.4, 0.5) is 11.7 Å². The number of nitrogens with one attached hydrogen (secondary N) is 1. The Bertz CT molecular complexity index is 1400. The van der Waals surface area contributed by atoms with Crippen molar-refractivity contribution in [3.8, 4) is 11.3 Å². The summed E-state index contributed by atoms with van der Waals surface area (Å²) in [5, 5.41) is 7.93.